The number of aromatic nitrogens is 2. The molecule has 0 radical (unpaired) electrons. The van der Waals surface area contributed by atoms with Gasteiger partial charge in [0.15, 0.2) is 17.0 Å². The summed E-state index contributed by atoms with van der Waals surface area (Å²) < 4.78 is 23.2. The fourth-order valence-corrected chi connectivity index (χ4v) is 4.55. The van der Waals surface area contributed by atoms with E-state index in [1.807, 2.05) is 9.47 Å². The van der Waals surface area contributed by atoms with Gasteiger partial charge in [-0.2, -0.15) is 5.10 Å². The van der Waals surface area contributed by atoms with Gasteiger partial charge in [-0.25, -0.2) is 9.82 Å². The maximum absolute atomic E-state index is 15.5. The second-order valence-electron chi connectivity index (χ2n) is 8.92. The topological polar surface area (TPSA) is 101 Å². The molecule has 1 atom stereocenters. The predicted octanol–water partition coefficient (Wildman–Crippen LogP) is 2.44. The van der Waals surface area contributed by atoms with Crippen molar-refractivity contribution >= 4 is 28.7 Å². The van der Waals surface area contributed by atoms with E-state index in [0.29, 0.717) is 35.6 Å². The fourth-order valence-electron chi connectivity index (χ4n) is 4.55. The smallest absolute Gasteiger partial charge is 0.271 e. The standard InChI is InChI=1S/C25H27FN6O3/c1-15-13-31(10-9-28-15)22-20(26)11-19-21(24(22)35-2)32(18-3-4-18)14-17(23(19)33)12-29-30-25(34)16-5-7-27-8-6-16/h5-8,11-12,14-15,18,28H,3-4,9-10,13H2,1-2H3,(H,30,34)/b29-12+. The third kappa shape index (κ3) is 4.49. The van der Waals surface area contributed by atoms with Crippen LogP contribution in [0.3, 0.4) is 0 Å². The van der Waals surface area contributed by atoms with Crippen LogP contribution in [0, 0.1) is 5.82 Å². The third-order valence-corrected chi connectivity index (χ3v) is 6.37. The maximum Gasteiger partial charge on any atom is 0.271 e. The number of benzene rings is 1. The Bertz CT molecular complexity index is 1350. The summed E-state index contributed by atoms with van der Waals surface area (Å²) in [6.07, 6.45) is 7.94. The molecule has 0 bridgehead atoms. The number of anilines is 1. The van der Waals surface area contributed by atoms with Crippen LogP contribution in [0.4, 0.5) is 10.1 Å². The number of nitrogens with one attached hydrogen (secondary N) is 2. The fraction of sp³-hybridized carbons (Fsp3) is 0.360. The van der Waals surface area contributed by atoms with E-state index in [2.05, 4.69) is 27.8 Å². The van der Waals surface area contributed by atoms with Crippen LogP contribution in [0.15, 0.2) is 46.7 Å². The Morgan fingerprint density at radius 1 is 1.34 bits per heavy atom. The van der Waals surface area contributed by atoms with Crippen molar-refractivity contribution < 1.29 is 13.9 Å². The Kier molecular flexibility index (Phi) is 6.21. The van der Waals surface area contributed by atoms with E-state index in [1.54, 1.807) is 18.3 Å². The van der Waals surface area contributed by atoms with Crippen LogP contribution >= 0.6 is 0 Å². The quantitative estimate of drug-likeness (QED) is 0.417. The molecule has 182 valence electrons. The zero-order valence-electron chi connectivity index (χ0n) is 19.6. The van der Waals surface area contributed by atoms with Crippen LogP contribution in [0.25, 0.3) is 10.9 Å². The summed E-state index contributed by atoms with van der Waals surface area (Å²) in [5.74, 6) is -0.551. The normalized spacial score (nSPS) is 18.3. The number of amides is 1. The summed E-state index contributed by atoms with van der Waals surface area (Å²) in [6.45, 7) is 4.06. The van der Waals surface area contributed by atoms with Crippen LogP contribution in [-0.2, 0) is 0 Å². The van der Waals surface area contributed by atoms with E-state index < -0.39 is 11.7 Å². The monoisotopic (exact) mass is 478 g/mol. The van der Waals surface area contributed by atoms with Gasteiger partial charge in [-0.1, -0.05) is 0 Å². The van der Waals surface area contributed by atoms with Crippen LogP contribution in [0.2, 0.25) is 0 Å². The molecule has 1 aromatic carbocycles. The lowest BCUT2D eigenvalue weighted by molar-refractivity contribution is 0.0955. The summed E-state index contributed by atoms with van der Waals surface area (Å²) in [6, 6.07) is 4.81. The SMILES string of the molecule is COc1c(N2CCNC(C)C2)c(F)cc2c(=O)c(/C=N/NC(=O)c3ccncc3)cn(C3CC3)c12. The van der Waals surface area contributed by atoms with E-state index >= 15 is 4.39 Å². The van der Waals surface area contributed by atoms with Crippen molar-refractivity contribution in [2.75, 3.05) is 31.6 Å². The summed E-state index contributed by atoms with van der Waals surface area (Å²) in [5.41, 5.74) is 3.66. The van der Waals surface area contributed by atoms with Crippen LogP contribution in [0.1, 0.15) is 41.7 Å². The third-order valence-electron chi connectivity index (χ3n) is 6.37. The summed E-state index contributed by atoms with van der Waals surface area (Å²) in [5, 5.41) is 7.56. The van der Waals surface area contributed by atoms with E-state index in [9.17, 15) is 9.59 Å². The molecule has 3 heterocycles. The number of carbonyl (C=O) groups is 1. The molecule has 0 spiro atoms. The van der Waals surface area contributed by atoms with Crippen molar-refractivity contribution in [3.05, 3.63) is 64.0 Å². The van der Waals surface area contributed by atoms with Crippen LogP contribution in [0.5, 0.6) is 5.75 Å². The first kappa shape index (κ1) is 23.0. The Balaban J connectivity index is 1.57. The van der Waals surface area contributed by atoms with Gasteiger partial charge >= 0.3 is 0 Å². The first-order chi connectivity index (χ1) is 17.0. The molecular weight excluding hydrogens is 451 g/mol. The number of pyridine rings is 2. The molecule has 1 amide bonds. The molecule has 1 aliphatic heterocycles. The van der Waals surface area contributed by atoms with Gasteiger partial charge in [0, 0.05) is 55.9 Å². The maximum atomic E-state index is 15.5. The van der Waals surface area contributed by atoms with Crippen molar-refractivity contribution in [1.82, 2.24) is 20.3 Å². The average molecular weight is 479 g/mol. The number of methoxy groups -OCH3 is 1. The van der Waals surface area contributed by atoms with E-state index in [1.165, 1.54) is 31.8 Å². The van der Waals surface area contributed by atoms with Crippen LogP contribution < -0.4 is 25.8 Å². The molecule has 5 rings (SSSR count). The van der Waals surface area contributed by atoms with Gasteiger partial charge in [0.2, 0.25) is 0 Å². The number of halogens is 1. The first-order valence-corrected chi connectivity index (χ1v) is 11.6. The Morgan fingerprint density at radius 2 is 2.11 bits per heavy atom. The molecule has 10 heteroatoms. The predicted molar refractivity (Wildman–Crippen MR) is 132 cm³/mol. The van der Waals surface area contributed by atoms with Crippen molar-refractivity contribution in [3.8, 4) is 5.75 Å². The molecule has 1 unspecified atom stereocenters. The van der Waals surface area contributed by atoms with E-state index in [-0.39, 0.29) is 28.5 Å². The van der Waals surface area contributed by atoms with Gasteiger partial charge in [0.25, 0.3) is 5.91 Å². The highest BCUT2D eigenvalue weighted by Gasteiger charge is 2.31. The Morgan fingerprint density at radius 3 is 2.80 bits per heavy atom. The number of nitrogens with zero attached hydrogens (tertiary/aromatic N) is 4. The molecule has 2 N–H and O–H groups in total. The number of carbonyl (C=O) groups excluding carboxylic acids is 1. The Hall–Kier alpha value is -3.79. The first-order valence-electron chi connectivity index (χ1n) is 11.6. The molecule has 1 aliphatic carbocycles. The molecule has 3 aromatic rings. The van der Waals surface area contributed by atoms with Gasteiger partial charge in [-0.05, 0) is 38.0 Å². The second-order valence-corrected chi connectivity index (χ2v) is 8.92. The minimum absolute atomic E-state index is 0.186. The average Bonchev–Trinajstić information content (AvgIpc) is 3.71. The molecule has 9 nitrogen and oxygen atoms in total. The zero-order valence-corrected chi connectivity index (χ0v) is 19.6. The number of piperazine rings is 1. The minimum atomic E-state index is -0.497. The summed E-state index contributed by atoms with van der Waals surface area (Å²) in [7, 11) is 1.51. The molecule has 1 saturated carbocycles. The minimum Gasteiger partial charge on any atom is -0.492 e. The molecule has 35 heavy (non-hydrogen) atoms. The lowest BCUT2D eigenvalue weighted by Gasteiger charge is -2.35. The molecular formula is C25H27FN6O3. The van der Waals surface area contributed by atoms with Crippen LogP contribution in [-0.4, -0.2) is 54.5 Å². The van der Waals surface area contributed by atoms with Gasteiger partial charge in [0.1, 0.15) is 5.69 Å². The number of hydrogen-bond donors (Lipinski definition) is 2. The van der Waals surface area contributed by atoms with Crippen molar-refractivity contribution in [1.29, 1.82) is 0 Å². The van der Waals surface area contributed by atoms with E-state index in [4.69, 9.17) is 4.74 Å². The number of ether oxygens (including phenoxy) is 1. The number of rotatable bonds is 6. The van der Waals surface area contributed by atoms with E-state index in [0.717, 1.165) is 19.4 Å². The van der Waals surface area contributed by atoms with Gasteiger partial charge < -0.3 is 19.5 Å². The highest BCUT2D eigenvalue weighted by Crippen LogP contribution is 2.43. The number of hydrazone groups is 1. The van der Waals surface area contributed by atoms with Gasteiger partial charge in [-0.15, -0.1) is 0 Å². The Labute approximate surface area is 201 Å². The van der Waals surface area contributed by atoms with Crippen molar-refractivity contribution in [2.45, 2.75) is 31.8 Å². The van der Waals surface area contributed by atoms with Crippen molar-refractivity contribution in [2.24, 2.45) is 5.10 Å². The second kappa shape index (κ2) is 9.46. The van der Waals surface area contributed by atoms with Crippen molar-refractivity contribution in [3.63, 3.8) is 0 Å². The molecule has 2 aromatic heterocycles. The molecule has 2 fully saturated rings. The zero-order chi connectivity index (χ0) is 24.5. The largest absolute Gasteiger partial charge is 0.492 e. The lowest BCUT2D eigenvalue weighted by atomic mass is 10.1. The number of hydrogen-bond acceptors (Lipinski definition) is 7. The highest BCUT2D eigenvalue weighted by molar-refractivity contribution is 5.96. The molecule has 2 aliphatic rings. The van der Waals surface area contributed by atoms with Gasteiger partial charge in [-0.3, -0.25) is 14.6 Å². The summed E-state index contributed by atoms with van der Waals surface area (Å²) >= 11 is 0. The summed E-state index contributed by atoms with van der Waals surface area (Å²) in [4.78, 5) is 31.5. The highest BCUT2D eigenvalue weighted by atomic mass is 19.1. The van der Waals surface area contributed by atoms with Gasteiger partial charge in [0.05, 0.1) is 29.8 Å². The molecule has 1 saturated heterocycles. The lowest BCUT2D eigenvalue weighted by Crippen LogP contribution is -2.49. The number of fused-ring (bicyclic) bond motifs is 1.